The topological polar surface area (TPSA) is 88.0 Å². The van der Waals surface area contributed by atoms with Crippen molar-refractivity contribution < 1.29 is 9.47 Å². The third-order valence-corrected chi connectivity index (χ3v) is 3.87. The van der Waals surface area contributed by atoms with E-state index in [0.717, 1.165) is 24.3 Å². The van der Waals surface area contributed by atoms with Gasteiger partial charge in [0.05, 0.1) is 26.5 Å². The average Bonchev–Trinajstić information content (AvgIpc) is 2.69. The van der Waals surface area contributed by atoms with Crippen LogP contribution in [-0.2, 0) is 4.74 Å². The van der Waals surface area contributed by atoms with Crippen LogP contribution in [0.3, 0.4) is 0 Å². The molecule has 1 aliphatic heterocycles. The van der Waals surface area contributed by atoms with Crippen molar-refractivity contribution in [3.05, 3.63) is 29.8 Å². The highest BCUT2D eigenvalue weighted by molar-refractivity contribution is 5.80. The standard InChI is InChI=1S/C17H23N7O2/c1-23(2)14-6-4-13(5-7-14)12-18-22-15-19-16(21-17(20-15)25-3)24-8-10-26-11-9-24/h4-7,12H,8-11H2,1-3H3,(H,19,20,21,22). The molecule has 0 unspecified atom stereocenters. The molecular weight excluding hydrogens is 334 g/mol. The van der Waals surface area contributed by atoms with Gasteiger partial charge in [-0.1, -0.05) is 12.1 Å². The van der Waals surface area contributed by atoms with Gasteiger partial charge in [-0.25, -0.2) is 5.43 Å². The number of hydrogen-bond donors (Lipinski definition) is 1. The van der Waals surface area contributed by atoms with Crippen LogP contribution in [0.25, 0.3) is 0 Å². The fourth-order valence-electron chi connectivity index (χ4n) is 2.41. The van der Waals surface area contributed by atoms with Crippen LogP contribution >= 0.6 is 0 Å². The molecule has 0 aliphatic carbocycles. The number of anilines is 3. The van der Waals surface area contributed by atoms with Gasteiger partial charge in [-0.3, -0.25) is 0 Å². The van der Waals surface area contributed by atoms with Gasteiger partial charge in [0.2, 0.25) is 5.95 Å². The van der Waals surface area contributed by atoms with Gasteiger partial charge >= 0.3 is 6.01 Å². The largest absolute Gasteiger partial charge is 0.467 e. The van der Waals surface area contributed by atoms with Gasteiger partial charge in [-0.15, -0.1) is 0 Å². The predicted molar refractivity (Wildman–Crippen MR) is 101 cm³/mol. The molecule has 1 fully saturated rings. The minimum atomic E-state index is 0.245. The summed E-state index contributed by atoms with van der Waals surface area (Å²) in [6.07, 6.45) is 1.71. The Morgan fingerprint density at radius 3 is 2.54 bits per heavy atom. The lowest BCUT2D eigenvalue weighted by atomic mass is 10.2. The Balaban J connectivity index is 1.70. The molecule has 0 bridgehead atoms. The molecule has 2 heterocycles. The first-order chi connectivity index (χ1) is 12.7. The van der Waals surface area contributed by atoms with E-state index in [9.17, 15) is 0 Å². The molecule has 2 aromatic rings. The quantitative estimate of drug-likeness (QED) is 0.610. The summed E-state index contributed by atoms with van der Waals surface area (Å²) in [4.78, 5) is 17.0. The molecule has 9 heteroatoms. The van der Waals surface area contributed by atoms with Crippen molar-refractivity contribution in [3.63, 3.8) is 0 Å². The maximum atomic E-state index is 5.36. The van der Waals surface area contributed by atoms with Crippen molar-refractivity contribution in [2.75, 3.05) is 62.7 Å². The minimum absolute atomic E-state index is 0.245. The summed E-state index contributed by atoms with van der Waals surface area (Å²) in [6, 6.07) is 8.30. The lowest BCUT2D eigenvalue weighted by Gasteiger charge is -2.26. The number of aromatic nitrogens is 3. The second-order valence-electron chi connectivity index (χ2n) is 5.90. The van der Waals surface area contributed by atoms with E-state index in [1.165, 1.54) is 7.11 Å². The third-order valence-electron chi connectivity index (χ3n) is 3.87. The van der Waals surface area contributed by atoms with Crippen LogP contribution in [0.15, 0.2) is 29.4 Å². The number of methoxy groups -OCH3 is 1. The molecular formula is C17H23N7O2. The van der Waals surface area contributed by atoms with Crippen LogP contribution in [0, 0.1) is 0 Å². The molecule has 0 amide bonds. The summed E-state index contributed by atoms with van der Waals surface area (Å²) in [5.41, 5.74) is 4.95. The summed E-state index contributed by atoms with van der Waals surface area (Å²) in [5, 5.41) is 4.21. The zero-order valence-electron chi connectivity index (χ0n) is 15.2. The third kappa shape index (κ3) is 4.57. The smallest absolute Gasteiger partial charge is 0.322 e. The number of ether oxygens (including phenoxy) is 2. The van der Waals surface area contributed by atoms with Gasteiger partial charge in [0.25, 0.3) is 5.95 Å². The van der Waals surface area contributed by atoms with Crippen molar-refractivity contribution in [1.82, 2.24) is 15.0 Å². The fourth-order valence-corrected chi connectivity index (χ4v) is 2.41. The Kier molecular flexibility index (Phi) is 5.80. The van der Waals surface area contributed by atoms with Gasteiger partial charge < -0.3 is 19.3 Å². The number of hydrogen-bond acceptors (Lipinski definition) is 9. The summed E-state index contributed by atoms with van der Waals surface area (Å²) < 4.78 is 10.5. The molecule has 26 heavy (non-hydrogen) atoms. The SMILES string of the molecule is COc1nc(NN=Cc2ccc(N(C)C)cc2)nc(N2CCOCC2)n1. The number of nitrogens with zero attached hydrogens (tertiary/aromatic N) is 6. The number of rotatable bonds is 6. The fraction of sp³-hybridized carbons (Fsp3) is 0.412. The van der Waals surface area contributed by atoms with Gasteiger partial charge in [0.15, 0.2) is 0 Å². The molecule has 0 radical (unpaired) electrons. The molecule has 1 N–H and O–H groups in total. The molecule has 1 aliphatic rings. The number of hydrazone groups is 1. The first kappa shape index (κ1) is 17.9. The van der Waals surface area contributed by atoms with E-state index >= 15 is 0 Å². The first-order valence-electron chi connectivity index (χ1n) is 8.35. The second-order valence-corrected chi connectivity index (χ2v) is 5.90. The molecule has 0 atom stereocenters. The average molecular weight is 357 g/mol. The van der Waals surface area contributed by atoms with Crippen LogP contribution < -0.4 is 20.0 Å². The predicted octanol–water partition coefficient (Wildman–Crippen LogP) is 1.23. The first-order valence-corrected chi connectivity index (χ1v) is 8.35. The number of nitrogens with one attached hydrogen (secondary N) is 1. The van der Waals surface area contributed by atoms with Crippen LogP contribution in [0.5, 0.6) is 6.01 Å². The van der Waals surface area contributed by atoms with Crippen molar-refractivity contribution in [1.29, 1.82) is 0 Å². The van der Waals surface area contributed by atoms with Crippen LogP contribution in [0.1, 0.15) is 5.56 Å². The Bertz CT molecular complexity index is 743. The van der Waals surface area contributed by atoms with Crippen molar-refractivity contribution in [2.24, 2.45) is 5.10 Å². The van der Waals surface area contributed by atoms with Gasteiger partial charge in [0, 0.05) is 32.9 Å². The van der Waals surface area contributed by atoms with Gasteiger partial charge in [-0.05, 0) is 17.7 Å². The molecule has 1 aromatic carbocycles. The van der Waals surface area contributed by atoms with Crippen molar-refractivity contribution >= 4 is 23.8 Å². The Morgan fingerprint density at radius 1 is 1.15 bits per heavy atom. The highest BCUT2D eigenvalue weighted by atomic mass is 16.5. The van der Waals surface area contributed by atoms with E-state index in [4.69, 9.17) is 9.47 Å². The second kappa shape index (κ2) is 8.43. The molecule has 138 valence electrons. The normalized spacial score (nSPS) is 14.5. The molecule has 9 nitrogen and oxygen atoms in total. The Morgan fingerprint density at radius 2 is 1.88 bits per heavy atom. The minimum Gasteiger partial charge on any atom is -0.467 e. The zero-order valence-corrected chi connectivity index (χ0v) is 15.2. The molecule has 0 saturated carbocycles. The lowest BCUT2D eigenvalue weighted by Crippen LogP contribution is -2.37. The molecule has 3 rings (SSSR count). The highest BCUT2D eigenvalue weighted by Gasteiger charge is 2.16. The lowest BCUT2D eigenvalue weighted by molar-refractivity contribution is 0.122. The molecule has 0 spiro atoms. The Labute approximate surface area is 152 Å². The summed E-state index contributed by atoms with van der Waals surface area (Å²) >= 11 is 0. The van der Waals surface area contributed by atoms with Crippen LogP contribution in [-0.4, -0.2) is 68.7 Å². The van der Waals surface area contributed by atoms with Crippen LogP contribution in [0.4, 0.5) is 17.6 Å². The van der Waals surface area contributed by atoms with E-state index in [1.807, 2.05) is 48.2 Å². The monoisotopic (exact) mass is 357 g/mol. The molecule has 1 saturated heterocycles. The summed E-state index contributed by atoms with van der Waals surface area (Å²) in [7, 11) is 5.54. The van der Waals surface area contributed by atoms with Gasteiger partial charge in [0.1, 0.15) is 0 Å². The van der Waals surface area contributed by atoms with E-state index in [2.05, 4.69) is 25.5 Å². The maximum absolute atomic E-state index is 5.36. The number of benzene rings is 1. The van der Waals surface area contributed by atoms with Crippen LogP contribution in [0.2, 0.25) is 0 Å². The van der Waals surface area contributed by atoms with E-state index < -0.39 is 0 Å². The number of morpholine rings is 1. The summed E-state index contributed by atoms with van der Waals surface area (Å²) in [6.45, 7) is 2.76. The Hall–Kier alpha value is -2.94. The maximum Gasteiger partial charge on any atom is 0.322 e. The highest BCUT2D eigenvalue weighted by Crippen LogP contribution is 2.16. The van der Waals surface area contributed by atoms with Crippen molar-refractivity contribution in [3.8, 4) is 6.01 Å². The molecule has 1 aromatic heterocycles. The summed E-state index contributed by atoms with van der Waals surface area (Å²) in [5.74, 6) is 0.882. The van der Waals surface area contributed by atoms with Gasteiger partial charge in [-0.2, -0.15) is 20.1 Å². The van der Waals surface area contributed by atoms with E-state index in [-0.39, 0.29) is 6.01 Å². The van der Waals surface area contributed by atoms with E-state index in [0.29, 0.717) is 25.1 Å². The zero-order chi connectivity index (χ0) is 18.4. The van der Waals surface area contributed by atoms with E-state index in [1.54, 1.807) is 6.21 Å². The van der Waals surface area contributed by atoms with Crippen molar-refractivity contribution in [2.45, 2.75) is 0 Å².